The van der Waals surface area contributed by atoms with Gasteiger partial charge in [0.25, 0.3) is 5.69 Å². The molecule has 0 fully saturated rings. The molecule has 0 aliphatic rings. The molecule has 0 saturated carbocycles. The van der Waals surface area contributed by atoms with E-state index in [0.717, 1.165) is 0 Å². The van der Waals surface area contributed by atoms with Gasteiger partial charge in [-0.25, -0.2) is 0 Å². The highest BCUT2D eigenvalue weighted by atomic mass is 35.5. The highest BCUT2D eigenvalue weighted by Crippen LogP contribution is 2.41. The van der Waals surface area contributed by atoms with Crippen molar-refractivity contribution in [3.05, 3.63) is 34.4 Å². The van der Waals surface area contributed by atoms with E-state index in [-0.39, 0.29) is 5.69 Å². The second kappa shape index (κ2) is 4.33. The van der Waals surface area contributed by atoms with Gasteiger partial charge in [-0.3, -0.25) is 10.1 Å². The molecule has 0 heterocycles. The molecule has 0 aromatic heterocycles. The normalized spacial score (nSPS) is 11.4. The zero-order valence-corrected chi connectivity index (χ0v) is 8.94. The zero-order valence-electron chi connectivity index (χ0n) is 6.62. The van der Waals surface area contributed by atoms with E-state index in [2.05, 4.69) is 0 Å². The number of hydrogen-bond acceptors (Lipinski definition) is 3. The second-order valence-electron chi connectivity index (χ2n) is 2.30. The van der Waals surface area contributed by atoms with E-state index in [4.69, 9.17) is 23.2 Å². The number of benzene rings is 1. The molecule has 0 aliphatic heterocycles. The lowest BCUT2D eigenvalue weighted by molar-refractivity contribution is -0.384. The molecule has 0 N–H and O–H groups in total. The van der Waals surface area contributed by atoms with Crippen LogP contribution in [0.25, 0.3) is 0 Å². The van der Waals surface area contributed by atoms with E-state index in [9.17, 15) is 14.5 Å². The van der Waals surface area contributed by atoms with E-state index in [1.165, 1.54) is 24.3 Å². The molecule has 0 atom stereocenters. The van der Waals surface area contributed by atoms with Gasteiger partial charge >= 0.3 is 3.92 Å². The van der Waals surface area contributed by atoms with E-state index in [0.29, 0.717) is 16.7 Å². The number of nitro benzene ring substituents is 1. The van der Waals surface area contributed by atoms with Gasteiger partial charge in [0.05, 0.1) is 4.92 Å². The van der Waals surface area contributed by atoms with Crippen LogP contribution in [0.3, 0.4) is 0 Å². The van der Waals surface area contributed by atoms with Gasteiger partial charge in [0.1, 0.15) is 0 Å². The van der Waals surface area contributed by atoms with Gasteiger partial charge in [0.15, 0.2) is 0 Å². The predicted molar refractivity (Wildman–Crippen MR) is 54.5 cm³/mol. The summed E-state index contributed by atoms with van der Waals surface area (Å²) in [5.41, 5.74) is -0.0667. The van der Waals surface area contributed by atoms with Gasteiger partial charge in [-0.15, -0.1) is 0 Å². The molecular formula is C7H4Cl2FNO2S. The summed E-state index contributed by atoms with van der Waals surface area (Å²) in [6.07, 6.45) is 0. The molecule has 0 unspecified atom stereocenters. The summed E-state index contributed by atoms with van der Waals surface area (Å²) in [4.78, 5) is 10.1. The summed E-state index contributed by atoms with van der Waals surface area (Å²) >= 11 is 10.8. The first-order valence-corrected chi connectivity index (χ1v) is 4.96. The zero-order chi connectivity index (χ0) is 10.8. The van der Waals surface area contributed by atoms with Crippen LogP contribution in [-0.4, -0.2) is 8.84 Å². The monoisotopic (exact) mass is 255 g/mol. The third-order valence-electron chi connectivity index (χ3n) is 1.28. The molecule has 76 valence electrons. The van der Waals surface area contributed by atoms with Gasteiger partial charge in [-0.1, -0.05) is 35.0 Å². The van der Waals surface area contributed by atoms with Crippen LogP contribution in [0.4, 0.5) is 10.1 Å². The van der Waals surface area contributed by atoms with Crippen molar-refractivity contribution in [2.45, 2.75) is 8.81 Å². The fraction of sp³-hybridized carbons (Fsp3) is 0.143. The summed E-state index contributed by atoms with van der Waals surface area (Å²) in [5, 5.41) is 10.3. The average molecular weight is 256 g/mol. The first-order chi connectivity index (χ1) is 6.38. The van der Waals surface area contributed by atoms with Gasteiger partial charge in [0.2, 0.25) is 0 Å². The van der Waals surface area contributed by atoms with Crippen molar-refractivity contribution in [1.29, 1.82) is 0 Å². The lowest BCUT2D eigenvalue weighted by Gasteiger charge is -2.07. The molecule has 14 heavy (non-hydrogen) atoms. The SMILES string of the molecule is O=[N+]([O-])c1ccc(SC(F)(Cl)Cl)cc1. The molecule has 0 aliphatic carbocycles. The molecule has 1 aromatic carbocycles. The van der Waals surface area contributed by atoms with Gasteiger partial charge in [0, 0.05) is 17.0 Å². The van der Waals surface area contributed by atoms with Crippen molar-refractivity contribution >= 4 is 40.7 Å². The third-order valence-corrected chi connectivity index (χ3v) is 2.48. The quantitative estimate of drug-likeness (QED) is 0.358. The Morgan fingerprint density at radius 3 is 2.21 bits per heavy atom. The number of hydrogen-bond donors (Lipinski definition) is 0. The average Bonchev–Trinajstić information content (AvgIpc) is 2.02. The standard InChI is InChI=1S/C7H4Cl2FNO2S/c8-7(9,10)14-6-3-1-5(2-4-6)11(12)13/h1-4H. The van der Waals surface area contributed by atoms with Crippen LogP contribution in [0, 0.1) is 10.1 Å². The van der Waals surface area contributed by atoms with Gasteiger partial charge in [-0.2, -0.15) is 4.39 Å². The first kappa shape index (κ1) is 11.6. The van der Waals surface area contributed by atoms with Crippen molar-refractivity contribution in [2.75, 3.05) is 0 Å². The van der Waals surface area contributed by atoms with E-state index in [1.807, 2.05) is 0 Å². The van der Waals surface area contributed by atoms with Crippen molar-refractivity contribution in [3.8, 4) is 0 Å². The van der Waals surface area contributed by atoms with E-state index >= 15 is 0 Å². The van der Waals surface area contributed by atoms with E-state index < -0.39 is 8.84 Å². The Balaban J connectivity index is 2.79. The molecular weight excluding hydrogens is 252 g/mol. The number of rotatable bonds is 3. The van der Waals surface area contributed by atoms with Crippen molar-refractivity contribution < 1.29 is 9.31 Å². The van der Waals surface area contributed by atoms with Crippen LogP contribution < -0.4 is 0 Å². The lowest BCUT2D eigenvalue weighted by atomic mass is 10.3. The van der Waals surface area contributed by atoms with Crippen LogP contribution in [-0.2, 0) is 0 Å². The molecule has 0 bridgehead atoms. The van der Waals surface area contributed by atoms with Crippen molar-refractivity contribution in [2.24, 2.45) is 0 Å². The Morgan fingerprint density at radius 1 is 1.36 bits per heavy atom. The summed E-state index contributed by atoms with van der Waals surface area (Å²) in [6.45, 7) is 0. The Labute approximate surface area is 93.3 Å². The first-order valence-electron chi connectivity index (χ1n) is 3.39. The molecule has 1 aromatic rings. The minimum atomic E-state index is -2.42. The van der Waals surface area contributed by atoms with Gasteiger partial charge in [-0.05, 0) is 12.1 Å². The van der Waals surface area contributed by atoms with Crippen molar-refractivity contribution in [1.82, 2.24) is 0 Å². The summed E-state index contributed by atoms with van der Waals surface area (Å²) in [5.74, 6) is 0. The van der Waals surface area contributed by atoms with Crippen LogP contribution in [0.15, 0.2) is 29.2 Å². The van der Waals surface area contributed by atoms with Crippen LogP contribution >= 0.6 is 35.0 Å². The number of alkyl halides is 3. The smallest absolute Gasteiger partial charge is 0.258 e. The predicted octanol–water partition coefficient (Wildman–Crippen LogP) is 3.75. The van der Waals surface area contributed by atoms with Crippen LogP contribution in [0.5, 0.6) is 0 Å². The molecule has 7 heteroatoms. The largest absolute Gasteiger partial charge is 0.309 e. The van der Waals surface area contributed by atoms with E-state index in [1.54, 1.807) is 0 Å². The molecule has 0 spiro atoms. The Morgan fingerprint density at radius 2 is 1.86 bits per heavy atom. The van der Waals surface area contributed by atoms with Crippen LogP contribution in [0.2, 0.25) is 0 Å². The third kappa shape index (κ3) is 3.69. The summed E-state index contributed by atoms with van der Waals surface area (Å²) in [6, 6.07) is 5.26. The summed E-state index contributed by atoms with van der Waals surface area (Å²) in [7, 11) is 0. The van der Waals surface area contributed by atoms with Crippen LogP contribution in [0.1, 0.15) is 0 Å². The minimum absolute atomic E-state index is 0.0667. The highest BCUT2D eigenvalue weighted by Gasteiger charge is 2.23. The number of non-ortho nitro benzene ring substituents is 1. The Kier molecular flexibility index (Phi) is 3.58. The maximum absolute atomic E-state index is 12.7. The fourth-order valence-corrected chi connectivity index (χ4v) is 1.84. The summed E-state index contributed by atoms with van der Waals surface area (Å²) < 4.78 is 10.3. The maximum atomic E-state index is 12.7. The second-order valence-corrected chi connectivity index (χ2v) is 5.22. The number of halogens is 3. The molecule has 3 nitrogen and oxygen atoms in total. The lowest BCUT2D eigenvalue weighted by Crippen LogP contribution is -1.95. The fourth-order valence-electron chi connectivity index (χ4n) is 0.770. The molecule has 1 rings (SSSR count). The maximum Gasteiger partial charge on any atom is 0.309 e. The van der Waals surface area contributed by atoms with Gasteiger partial charge < -0.3 is 0 Å². The molecule has 0 radical (unpaired) electrons. The highest BCUT2D eigenvalue weighted by molar-refractivity contribution is 8.03. The molecule has 0 saturated heterocycles. The number of nitro groups is 1. The number of thioether (sulfide) groups is 1. The van der Waals surface area contributed by atoms with Crippen molar-refractivity contribution in [3.63, 3.8) is 0 Å². The number of nitrogens with zero attached hydrogens (tertiary/aromatic N) is 1. The molecule has 0 amide bonds. The Hall–Kier alpha value is -0.520. The minimum Gasteiger partial charge on any atom is -0.258 e. The Bertz CT molecular complexity index is 339. The topological polar surface area (TPSA) is 43.1 Å².